The average Bonchev–Trinajstić information content (AvgIpc) is 2.43. The van der Waals surface area contributed by atoms with Gasteiger partial charge < -0.3 is 9.64 Å². The van der Waals surface area contributed by atoms with Gasteiger partial charge in [0, 0.05) is 25.3 Å². The van der Waals surface area contributed by atoms with E-state index in [0.717, 1.165) is 16.8 Å². The van der Waals surface area contributed by atoms with Crippen molar-refractivity contribution in [3.05, 3.63) is 35.4 Å². The van der Waals surface area contributed by atoms with Crippen LogP contribution in [-0.4, -0.2) is 31.7 Å². The number of fused-ring (bicyclic) bond motifs is 1. The van der Waals surface area contributed by atoms with E-state index in [1.54, 1.807) is 24.2 Å². The van der Waals surface area contributed by atoms with E-state index in [-0.39, 0.29) is 24.3 Å². The van der Waals surface area contributed by atoms with Crippen LogP contribution in [0.3, 0.4) is 0 Å². The maximum absolute atomic E-state index is 11.6. The maximum Gasteiger partial charge on any atom is 0.269 e. The van der Waals surface area contributed by atoms with Gasteiger partial charge in [-0.15, -0.1) is 0 Å². The first-order valence-electron chi connectivity index (χ1n) is 6.36. The van der Waals surface area contributed by atoms with Crippen molar-refractivity contribution >= 4 is 23.7 Å². The minimum atomic E-state index is -0.224. The lowest BCUT2D eigenvalue weighted by Gasteiger charge is -2.27. The van der Waals surface area contributed by atoms with E-state index in [2.05, 4.69) is 4.99 Å². The summed E-state index contributed by atoms with van der Waals surface area (Å²) in [5.41, 5.74) is 2.71. The van der Waals surface area contributed by atoms with Gasteiger partial charge in [0.1, 0.15) is 5.75 Å². The molecule has 0 saturated heterocycles. The minimum absolute atomic E-state index is 0.0236. The number of amides is 2. The highest BCUT2D eigenvalue weighted by Crippen LogP contribution is 2.35. The van der Waals surface area contributed by atoms with Crippen molar-refractivity contribution in [1.82, 2.24) is 0 Å². The monoisotopic (exact) mass is 270 g/mol. The highest BCUT2D eigenvalue weighted by Gasteiger charge is 2.24. The van der Waals surface area contributed by atoms with Crippen molar-refractivity contribution < 1.29 is 14.3 Å². The number of ether oxygens (including phenoxy) is 1. The fourth-order valence-electron chi connectivity index (χ4n) is 2.42. The fourth-order valence-corrected chi connectivity index (χ4v) is 2.42. The summed E-state index contributed by atoms with van der Waals surface area (Å²) in [6.45, 7) is 1.96. The van der Waals surface area contributed by atoms with Gasteiger partial charge >= 0.3 is 0 Å². The maximum atomic E-state index is 11.6. The zero-order valence-electron chi connectivity index (χ0n) is 11.3. The highest BCUT2D eigenvalue weighted by atomic mass is 16.5. The topological polar surface area (TPSA) is 59.0 Å². The molecule has 20 heavy (non-hydrogen) atoms. The lowest BCUT2D eigenvalue weighted by Crippen LogP contribution is -2.35. The Morgan fingerprint density at radius 3 is 2.90 bits per heavy atom. The van der Waals surface area contributed by atoms with Crippen LogP contribution in [0.4, 0.5) is 5.69 Å². The number of rotatable bonds is 1. The van der Waals surface area contributed by atoms with Crippen LogP contribution in [0.1, 0.15) is 18.4 Å². The van der Waals surface area contributed by atoms with Crippen LogP contribution < -0.4 is 9.64 Å². The van der Waals surface area contributed by atoms with Crippen molar-refractivity contribution in [2.45, 2.75) is 12.8 Å². The Bertz CT molecular complexity index is 661. The zero-order valence-corrected chi connectivity index (χ0v) is 11.3. The lowest BCUT2D eigenvalue weighted by molar-refractivity contribution is -0.121. The molecule has 102 valence electrons. The van der Waals surface area contributed by atoms with Crippen LogP contribution >= 0.6 is 0 Å². The molecular weight excluding hydrogens is 256 g/mol. The number of dihydropyridines is 1. The molecule has 0 spiro atoms. The fraction of sp³-hybridized carbons (Fsp3) is 0.267. The number of aliphatic imine (C=N–C) groups is 1. The molecule has 5 nitrogen and oxygen atoms in total. The molecule has 2 amide bonds. The van der Waals surface area contributed by atoms with Crippen molar-refractivity contribution in [1.29, 1.82) is 0 Å². The Balaban J connectivity index is 1.98. The Kier molecular flexibility index (Phi) is 2.89. The summed E-state index contributed by atoms with van der Waals surface area (Å²) in [6.07, 6.45) is 3.19. The van der Waals surface area contributed by atoms with Crippen molar-refractivity contribution in [2.75, 3.05) is 18.6 Å². The van der Waals surface area contributed by atoms with Gasteiger partial charge in [-0.2, -0.15) is 0 Å². The van der Waals surface area contributed by atoms with Crippen LogP contribution in [0.15, 0.2) is 34.8 Å². The first-order valence-corrected chi connectivity index (χ1v) is 6.36. The number of carbonyl (C=O) groups is 2. The molecule has 2 aliphatic heterocycles. The van der Waals surface area contributed by atoms with E-state index >= 15 is 0 Å². The molecule has 0 N–H and O–H groups in total. The summed E-state index contributed by atoms with van der Waals surface area (Å²) in [5.74, 6) is 0.372. The van der Waals surface area contributed by atoms with E-state index in [0.29, 0.717) is 5.75 Å². The molecule has 1 aromatic carbocycles. The molecule has 5 heteroatoms. The van der Waals surface area contributed by atoms with Gasteiger partial charge in [0.2, 0.25) is 0 Å². The number of hydrogen-bond donors (Lipinski definition) is 0. The van der Waals surface area contributed by atoms with Gasteiger partial charge in [-0.1, -0.05) is 11.6 Å². The standard InChI is InChI=1S/C15H14N2O3/c1-9-5-14(18)16-7-11(9)10-3-4-12-13(6-10)20-8-15(19)17(12)2/h3-7,11H,8H2,1-2H3. The number of benzene rings is 1. The van der Waals surface area contributed by atoms with Crippen molar-refractivity contribution in [3.8, 4) is 5.75 Å². The number of hydrogen-bond acceptors (Lipinski definition) is 3. The molecule has 0 saturated carbocycles. The van der Waals surface area contributed by atoms with Crippen LogP contribution in [-0.2, 0) is 9.59 Å². The molecule has 0 aromatic heterocycles. The molecule has 1 aromatic rings. The Labute approximate surface area is 116 Å². The molecule has 0 aliphatic carbocycles. The molecule has 0 bridgehead atoms. The minimum Gasteiger partial charge on any atom is -0.482 e. The summed E-state index contributed by atoms with van der Waals surface area (Å²) in [6, 6.07) is 5.70. The van der Waals surface area contributed by atoms with Gasteiger partial charge in [0.25, 0.3) is 11.8 Å². The first-order chi connectivity index (χ1) is 9.56. The second kappa shape index (κ2) is 4.59. The van der Waals surface area contributed by atoms with Crippen LogP contribution in [0.25, 0.3) is 0 Å². The SMILES string of the molecule is CC1=CC(=O)N=CC1c1ccc2c(c1)OCC(=O)N2C. The van der Waals surface area contributed by atoms with E-state index in [1.165, 1.54) is 0 Å². The summed E-state index contributed by atoms with van der Waals surface area (Å²) in [4.78, 5) is 28.2. The van der Waals surface area contributed by atoms with Gasteiger partial charge in [0.15, 0.2) is 6.61 Å². The third-order valence-corrected chi connectivity index (χ3v) is 3.62. The Morgan fingerprint density at radius 2 is 2.15 bits per heavy atom. The summed E-state index contributed by atoms with van der Waals surface area (Å²) < 4.78 is 5.47. The normalized spacial score (nSPS) is 21.4. The molecule has 2 aliphatic rings. The number of allylic oxidation sites excluding steroid dienone is 1. The molecule has 3 rings (SSSR count). The number of anilines is 1. The van der Waals surface area contributed by atoms with Crippen LogP contribution in [0, 0.1) is 0 Å². The van der Waals surface area contributed by atoms with E-state index < -0.39 is 0 Å². The van der Waals surface area contributed by atoms with Gasteiger partial charge in [0.05, 0.1) is 5.69 Å². The Morgan fingerprint density at radius 1 is 1.35 bits per heavy atom. The molecule has 1 atom stereocenters. The first kappa shape index (κ1) is 12.6. The second-order valence-corrected chi connectivity index (χ2v) is 4.95. The van der Waals surface area contributed by atoms with Crippen molar-refractivity contribution in [3.63, 3.8) is 0 Å². The number of carbonyl (C=O) groups excluding carboxylic acids is 2. The van der Waals surface area contributed by atoms with E-state index in [4.69, 9.17) is 4.74 Å². The quantitative estimate of drug-likeness (QED) is 0.780. The predicted octanol–water partition coefficient (Wildman–Crippen LogP) is 1.68. The highest BCUT2D eigenvalue weighted by molar-refractivity contribution is 6.00. The molecule has 0 fully saturated rings. The van der Waals surface area contributed by atoms with Gasteiger partial charge in [-0.3, -0.25) is 9.59 Å². The predicted molar refractivity (Wildman–Crippen MR) is 75.3 cm³/mol. The number of nitrogens with zero attached hydrogens (tertiary/aromatic N) is 2. The number of likely N-dealkylation sites (N-methyl/N-ethyl adjacent to an activating group) is 1. The second-order valence-electron chi connectivity index (χ2n) is 4.95. The Hall–Kier alpha value is -2.43. The smallest absolute Gasteiger partial charge is 0.269 e. The van der Waals surface area contributed by atoms with Gasteiger partial charge in [-0.25, -0.2) is 4.99 Å². The third kappa shape index (κ3) is 2.01. The van der Waals surface area contributed by atoms with Crippen LogP contribution in [0.5, 0.6) is 5.75 Å². The molecule has 2 heterocycles. The third-order valence-electron chi connectivity index (χ3n) is 3.62. The molecule has 0 radical (unpaired) electrons. The zero-order chi connectivity index (χ0) is 14.3. The van der Waals surface area contributed by atoms with Gasteiger partial charge in [-0.05, 0) is 24.6 Å². The summed E-state index contributed by atoms with van der Waals surface area (Å²) in [5, 5.41) is 0. The molecule has 1 unspecified atom stereocenters. The van der Waals surface area contributed by atoms with E-state index in [9.17, 15) is 9.59 Å². The van der Waals surface area contributed by atoms with Crippen LogP contribution in [0.2, 0.25) is 0 Å². The van der Waals surface area contributed by atoms with Crippen molar-refractivity contribution in [2.24, 2.45) is 4.99 Å². The molecular formula is C15H14N2O3. The average molecular weight is 270 g/mol. The summed E-state index contributed by atoms with van der Waals surface area (Å²) >= 11 is 0. The lowest BCUT2D eigenvalue weighted by atomic mass is 9.91. The largest absolute Gasteiger partial charge is 0.482 e. The summed E-state index contributed by atoms with van der Waals surface area (Å²) in [7, 11) is 1.73. The van der Waals surface area contributed by atoms with E-state index in [1.807, 2.05) is 25.1 Å².